The molecule has 6 amide bonds. The zero-order valence-electron chi connectivity index (χ0n) is 36.5. The van der Waals surface area contributed by atoms with Crippen LogP contribution >= 0.6 is 0 Å². The van der Waals surface area contributed by atoms with Crippen molar-refractivity contribution < 1.29 is 60.6 Å². The van der Waals surface area contributed by atoms with E-state index in [9.17, 15) is 46.5 Å². The van der Waals surface area contributed by atoms with Crippen LogP contribution in [0.1, 0.15) is 78.1 Å². The first-order valence-corrected chi connectivity index (χ1v) is 21.4. The van der Waals surface area contributed by atoms with E-state index in [1.807, 2.05) is 13.8 Å². The van der Waals surface area contributed by atoms with Crippen LogP contribution in [0.4, 0.5) is 21.9 Å². The molecular formula is C44H53N6O13S-. The summed E-state index contributed by atoms with van der Waals surface area (Å²) in [5.74, 6) is -6.18. The predicted molar refractivity (Wildman–Crippen MR) is 232 cm³/mol. The molecule has 1 aliphatic heterocycles. The summed E-state index contributed by atoms with van der Waals surface area (Å²) in [4.78, 5) is 88.8. The number of nitrogens with two attached hydrogens (primary N) is 1. The van der Waals surface area contributed by atoms with Gasteiger partial charge in [-0.2, -0.15) is 5.26 Å². The molecule has 1 saturated heterocycles. The number of aromatic carboxylic acids is 1. The van der Waals surface area contributed by atoms with E-state index in [0.29, 0.717) is 24.2 Å². The van der Waals surface area contributed by atoms with Gasteiger partial charge in [0.25, 0.3) is 10.4 Å². The standard InChI is InChI=1S/C28H34N4O10S.C16H20N2O3/c1-17-21(23(34)32(22(17)33)19-8-6-5-7-9-19)28(4,24(29)35)16-27(2,3)25(36)41-15-14-30-26(37)31-18-10-12-20(13-11-18)42-43(38,39)40;1-4-16(3,9-11(2)10-17)15(21)18-13-7-5-12(6-8-13)14(19)20/h5-13,17,21H,14-16H2,1-4H3,(H2,29,35)(H2,30,31,37)(H,38,39,40);5-8,11H,4,9H2,1-3H3,(H,18,21)(H,19,20)/p-1. The summed E-state index contributed by atoms with van der Waals surface area (Å²) in [5, 5.41) is 25.5. The zero-order chi connectivity index (χ0) is 48.2. The molecule has 1 aliphatic rings. The van der Waals surface area contributed by atoms with Gasteiger partial charge in [-0.1, -0.05) is 39.0 Å². The van der Waals surface area contributed by atoms with Gasteiger partial charge < -0.3 is 40.3 Å². The van der Waals surface area contributed by atoms with Crippen LogP contribution in [0.5, 0.6) is 5.75 Å². The maximum Gasteiger partial charge on any atom is 0.335 e. The second kappa shape index (κ2) is 21.5. The highest BCUT2D eigenvalue weighted by Gasteiger charge is 2.58. The molecule has 344 valence electrons. The highest BCUT2D eigenvalue weighted by molar-refractivity contribution is 7.81. The molecule has 0 bridgehead atoms. The summed E-state index contributed by atoms with van der Waals surface area (Å²) in [6.45, 7) is 11.3. The molecule has 19 nitrogen and oxygen atoms in total. The van der Waals surface area contributed by atoms with Gasteiger partial charge in [0.15, 0.2) is 0 Å². The third-order valence-electron chi connectivity index (χ3n) is 10.8. The number of carbonyl (C=O) groups is 7. The van der Waals surface area contributed by atoms with Crippen molar-refractivity contribution in [1.82, 2.24) is 5.32 Å². The van der Waals surface area contributed by atoms with Gasteiger partial charge in [-0.15, -0.1) is 0 Å². The Labute approximate surface area is 371 Å². The molecule has 1 heterocycles. The topological polar surface area (TPSA) is 305 Å². The second-order valence-corrected chi connectivity index (χ2v) is 17.5. The van der Waals surface area contributed by atoms with Crippen molar-refractivity contribution in [1.29, 1.82) is 5.26 Å². The largest absolute Gasteiger partial charge is 0.716 e. The first-order chi connectivity index (χ1) is 29.8. The van der Waals surface area contributed by atoms with Gasteiger partial charge in [0.2, 0.25) is 23.6 Å². The van der Waals surface area contributed by atoms with Gasteiger partial charge in [0, 0.05) is 28.6 Å². The van der Waals surface area contributed by atoms with E-state index in [2.05, 4.69) is 26.2 Å². The molecule has 0 spiro atoms. The summed E-state index contributed by atoms with van der Waals surface area (Å²) < 4.78 is 41.4. The Hall–Kier alpha value is -6.85. The molecule has 5 unspecified atom stereocenters. The lowest BCUT2D eigenvalue weighted by atomic mass is 9.63. The molecule has 1 fully saturated rings. The number of urea groups is 1. The maximum absolute atomic E-state index is 13.5. The molecule has 0 saturated carbocycles. The van der Waals surface area contributed by atoms with Crippen molar-refractivity contribution >= 4 is 69.1 Å². The Bertz CT molecular complexity index is 2350. The normalized spacial score (nSPS) is 17.2. The number of amides is 6. The van der Waals surface area contributed by atoms with Crippen molar-refractivity contribution in [2.75, 3.05) is 28.7 Å². The quantitative estimate of drug-likeness (QED) is 0.0360. The molecule has 0 aromatic heterocycles. The van der Waals surface area contributed by atoms with Gasteiger partial charge in [0.05, 0.1) is 40.6 Å². The molecule has 5 atom stereocenters. The maximum atomic E-state index is 13.5. The average molecular weight is 906 g/mol. The van der Waals surface area contributed by atoms with E-state index in [1.54, 1.807) is 56.3 Å². The van der Waals surface area contributed by atoms with Crippen LogP contribution in [-0.2, 0) is 39.1 Å². The number of nitrogens with one attached hydrogen (secondary N) is 3. The molecule has 3 aromatic carbocycles. The summed E-state index contributed by atoms with van der Waals surface area (Å²) in [5.41, 5.74) is 3.63. The summed E-state index contributed by atoms with van der Waals surface area (Å²) in [6, 6.07) is 20.8. The van der Waals surface area contributed by atoms with E-state index in [-0.39, 0.29) is 48.4 Å². The number of hydrogen-bond donors (Lipinski definition) is 5. The number of carboxylic acids is 1. The molecule has 64 heavy (non-hydrogen) atoms. The number of nitrogens with zero attached hydrogens (tertiary/aromatic N) is 2. The number of benzene rings is 3. The average Bonchev–Trinajstić information content (AvgIpc) is 3.46. The summed E-state index contributed by atoms with van der Waals surface area (Å²) >= 11 is 0. The number of carbonyl (C=O) groups excluding carboxylic acids is 6. The third kappa shape index (κ3) is 13.6. The Morgan fingerprint density at radius 1 is 0.922 bits per heavy atom. The summed E-state index contributed by atoms with van der Waals surface area (Å²) in [7, 11) is -4.93. The predicted octanol–water partition coefficient (Wildman–Crippen LogP) is 5.21. The van der Waals surface area contributed by atoms with E-state index >= 15 is 0 Å². The number of rotatable bonds is 18. The van der Waals surface area contributed by atoms with Crippen molar-refractivity contribution in [2.24, 2.45) is 39.7 Å². The SMILES string of the molecule is CC1C(=O)N(c2ccccc2)C(=O)C1C(C)(CC(C)(C)C(=O)OCCNC(=O)Nc1ccc(OS(=O)(=O)[O-])cc1)C(N)=O.CCC(C)(CC(C)C#N)C(=O)Nc1ccc(C(=O)O)cc1. The third-order valence-corrected chi connectivity index (χ3v) is 11.2. The number of nitriles is 1. The highest BCUT2D eigenvalue weighted by atomic mass is 32.3. The molecule has 0 aliphatic carbocycles. The Morgan fingerprint density at radius 3 is 2.00 bits per heavy atom. The smallest absolute Gasteiger partial charge is 0.335 e. The van der Waals surface area contributed by atoms with E-state index in [1.165, 1.54) is 57.2 Å². The molecule has 3 aromatic rings. The van der Waals surface area contributed by atoms with Gasteiger partial charge in [0.1, 0.15) is 12.4 Å². The first-order valence-electron chi connectivity index (χ1n) is 20.0. The van der Waals surface area contributed by atoms with Gasteiger partial charge in [-0.05, 0) is 108 Å². The fourth-order valence-electron chi connectivity index (χ4n) is 7.29. The fraction of sp³-hybridized carbons (Fsp3) is 0.409. The monoisotopic (exact) mass is 905 g/mol. The fourth-order valence-corrected chi connectivity index (χ4v) is 7.64. The minimum absolute atomic E-state index is 0.0883. The van der Waals surface area contributed by atoms with Crippen LogP contribution in [0, 0.1) is 45.3 Å². The van der Waals surface area contributed by atoms with E-state index < -0.39 is 74.2 Å². The molecular weight excluding hydrogens is 853 g/mol. The Morgan fingerprint density at radius 2 is 1.48 bits per heavy atom. The number of imide groups is 1. The molecule has 6 N–H and O–H groups in total. The van der Waals surface area contributed by atoms with Crippen LogP contribution in [0.15, 0.2) is 78.9 Å². The number of carboxylic acid groups (broad SMARTS) is 1. The molecule has 4 rings (SSSR count). The van der Waals surface area contributed by atoms with Crippen LogP contribution < -0.4 is 30.8 Å². The number of esters is 1. The van der Waals surface area contributed by atoms with E-state index in [4.69, 9.17) is 20.8 Å². The lowest BCUT2D eigenvalue weighted by Crippen LogP contribution is -2.49. The lowest BCUT2D eigenvalue weighted by Gasteiger charge is -2.38. The van der Waals surface area contributed by atoms with Crippen LogP contribution in [-0.4, -0.2) is 72.8 Å². The first kappa shape index (κ1) is 51.5. The van der Waals surface area contributed by atoms with Gasteiger partial charge >= 0.3 is 18.0 Å². The number of primary amides is 1. The Balaban J connectivity index is 0.000000434. The number of ether oxygens (including phenoxy) is 1. The number of hydrogen-bond acceptors (Lipinski definition) is 13. The number of anilines is 3. The van der Waals surface area contributed by atoms with Crippen molar-refractivity contribution in [3.05, 3.63) is 84.4 Å². The van der Waals surface area contributed by atoms with Crippen molar-refractivity contribution in [2.45, 2.75) is 67.7 Å². The van der Waals surface area contributed by atoms with Crippen molar-refractivity contribution in [3.8, 4) is 11.8 Å². The number of para-hydroxylation sites is 1. The van der Waals surface area contributed by atoms with Crippen LogP contribution in [0.2, 0.25) is 0 Å². The molecule has 0 radical (unpaired) electrons. The second-order valence-electron chi connectivity index (χ2n) is 16.5. The summed E-state index contributed by atoms with van der Waals surface area (Å²) in [6.07, 6.45) is 0.920. The van der Waals surface area contributed by atoms with Gasteiger partial charge in [-0.3, -0.25) is 28.9 Å². The lowest BCUT2D eigenvalue weighted by molar-refractivity contribution is -0.158. The zero-order valence-corrected chi connectivity index (χ0v) is 37.3. The molecule has 20 heteroatoms. The van der Waals surface area contributed by atoms with E-state index in [0.717, 1.165) is 4.90 Å². The minimum Gasteiger partial charge on any atom is -0.716 e. The van der Waals surface area contributed by atoms with Gasteiger partial charge in [-0.25, -0.2) is 18.0 Å². The Kier molecular flexibility index (Phi) is 17.3. The van der Waals surface area contributed by atoms with Crippen LogP contribution in [0.3, 0.4) is 0 Å². The minimum atomic E-state index is -4.93. The highest BCUT2D eigenvalue weighted by Crippen LogP contribution is 2.48. The van der Waals surface area contributed by atoms with Crippen LogP contribution in [0.25, 0.3) is 0 Å². The van der Waals surface area contributed by atoms with Crippen molar-refractivity contribution in [3.63, 3.8) is 0 Å².